The molecular weight excluding hydrogens is 289 g/mol. The Bertz CT molecular complexity index is 639. The molecule has 2 rings (SSSR count). The van der Waals surface area contributed by atoms with Crippen LogP contribution in [0, 0.1) is 5.82 Å². The molecule has 0 aliphatic carbocycles. The number of nitrogens with two attached hydrogens (primary N) is 1. The van der Waals surface area contributed by atoms with E-state index >= 15 is 0 Å². The van der Waals surface area contributed by atoms with Crippen LogP contribution in [0.5, 0.6) is 0 Å². The number of thiophene rings is 1. The smallest absolute Gasteiger partial charge is 0.263 e. The normalized spacial score (nSPS) is 11.2. The number of carbonyl (C=O) groups excluding carboxylic acids is 1. The quantitative estimate of drug-likeness (QED) is 0.807. The molecule has 4 nitrogen and oxygen atoms in total. The number of hydrogen-bond acceptors (Lipinski definition) is 4. The molecule has 3 N–H and O–H groups in total. The molecule has 0 aliphatic rings. The monoisotopic (exact) mass is 309 g/mol. The second-order valence-electron chi connectivity index (χ2n) is 5.25. The van der Waals surface area contributed by atoms with Crippen molar-refractivity contribution >= 4 is 33.0 Å². The zero-order chi connectivity index (χ0) is 15.4. The highest BCUT2D eigenvalue weighted by Gasteiger charge is 2.16. The highest BCUT2D eigenvalue weighted by molar-refractivity contribution is 7.21. The molecule has 1 heterocycles. The lowest BCUT2D eigenvalue weighted by Gasteiger charge is -2.09. The van der Waals surface area contributed by atoms with Gasteiger partial charge in [-0.25, -0.2) is 4.39 Å². The molecule has 0 radical (unpaired) electrons. The largest absolute Gasteiger partial charge is 0.397 e. The van der Waals surface area contributed by atoms with Gasteiger partial charge in [-0.3, -0.25) is 4.79 Å². The molecule has 2 aromatic rings. The minimum absolute atomic E-state index is 0.182. The summed E-state index contributed by atoms with van der Waals surface area (Å²) < 4.78 is 14.0. The molecule has 0 saturated carbocycles. The van der Waals surface area contributed by atoms with Gasteiger partial charge in [0, 0.05) is 16.6 Å². The maximum atomic E-state index is 13.2. The molecule has 1 aromatic carbocycles. The van der Waals surface area contributed by atoms with Crippen LogP contribution in [0.25, 0.3) is 10.1 Å². The van der Waals surface area contributed by atoms with E-state index in [1.54, 1.807) is 6.07 Å². The van der Waals surface area contributed by atoms with Gasteiger partial charge in [-0.2, -0.15) is 0 Å². The maximum absolute atomic E-state index is 13.2. The summed E-state index contributed by atoms with van der Waals surface area (Å²) in [5.74, 6) is -0.526. The Hall–Kier alpha value is -1.66. The Morgan fingerprint density at radius 1 is 1.38 bits per heavy atom. The molecule has 0 unspecified atom stereocenters. The molecule has 0 saturated heterocycles. The van der Waals surface area contributed by atoms with Crippen LogP contribution in [0.3, 0.4) is 0 Å². The highest BCUT2D eigenvalue weighted by atomic mass is 32.1. The van der Waals surface area contributed by atoms with Crippen molar-refractivity contribution < 1.29 is 9.18 Å². The average molecular weight is 309 g/mol. The molecule has 0 bridgehead atoms. The first-order valence-electron chi connectivity index (χ1n) is 6.89. The summed E-state index contributed by atoms with van der Waals surface area (Å²) in [5, 5.41) is 3.48. The van der Waals surface area contributed by atoms with Crippen molar-refractivity contribution in [1.82, 2.24) is 10.2 Å². The number of rotatable bonds is 6. The number of amides is 1. The summed E-state index contributed by atoms with van der Waals surface area (Å²) >= 11 is 1.30. The highest BCUT2D eigenvalue weighted by Crippen LogP contribution is 2.33. The second kappa shape index (κ2) is 6.87. The minimum atomic E-state index is -0.345. The van der Waals surface area contributed by atoms with Gasteiger partial charge >= 0.3 is 0 Å². The third-order valence-corrected chi connectivity index (χ3v) is 4.40. The summed E-state index contributed by atoms with van der Waals surface area (Å²) in [4.78, 5) is 14.7. The lowest BCUT2D eigenvalue weighted by molar-refractivity contribution is 0.0957. The van der Waals surface area contributed by atoms with Gasteiger partial charge < -0.3 is 16.0 Å². The SMILES string of the molecule is CN(C)CCCCNC(=O)c1sc2ccc(F)cc2c1N. The Morgan fingerprint density at radius 3 is 2.86 bits per heavy atom. The van der Waals surface area contributed by atoms with E-state index in [9.17, 15) is 9.18 Å². The van der Waals surface area contributed by atoms with Crippen molar-refractivity contribution in [3.05, 3.63) is 28.9 Å². The van der Waals surface area contributed by atoms with E-state index in [1.165, 1.54) is 23.5 Å². The Kier molecular flexibility index (Phi) is 5.14. The fourth-order valence-electron chi connectivity index (χ4n) is 2.09. The third-order valence-electron chi connectivity index (χ3n) is 3.21. The minimum Gasteiger partial charge on any atom is -0.397 e. The van der Waals surface area contributed by atoms with Gasteiger partial charge in [-0.05, 0) is 51.7 Å². The standard InChI is InChI=1S/C15H20FN3OS/c1-19(2)8-4-3-7-18-15(20)14-13(17)11-9-10(16)5-6-12(11)21-14/h5-6,9H,3-4,7-8,17H2,1-2H3,(H,18,20). The molecule has 6 heteroatoms. The molecule has 0 spiro atoms. The average Bonchev–Trinajstić information content (AvgIpc) is 2.75. The van der Waals surface area contributed by atoms with Gasteiger partial charge in [-0.15, -0.1) is 11.3 Å². The molecule has 0 atom stereocenters. The second-order valence-corrected chi connectivity index (χ2v) is 6.30. The number of hydrogen-bond donors (Lipinski definition) is 2. The number of anilines is 1. The van der Waals surface area contributed by atoms with Crippen LogP contribution >= 0.6 is 11.3 Å². The van der Waals surface area contributed by atoms with E-state index in [4.69, 9.17) is 5.73 Å². The third kappa shape index (κ3) is 3.92. The van der Waals surface area contributed by atoms with Crippen LogP contribution in [0.1, 0.15) is 22.5 Å². The summed E-state index contributed by atoms with van der Waals surface area (Å²) in [7, 11) is 4.05. The molecular formula is C15H20FN3OS. The fraction of sp³-hybridized carbons (Fsp3) is 0.400. The van der Waals surface area contributed by atoms with Crippen molar-refractivity contribution in [3.8, 4) is 0 Å². The van der Waals surface area contributed by atoms with Crippen LogP contribution in [-0.4, -0.2) is 38.0 Å². The van der Waals surface area contributed by atoms with Crippen molar-refractivity contribution in [3.63, 3.8) is 0 Å². The van der Waals surface area contributed by atoms with Crippen LogP contribution in [-0.2, 0) is 0 Å². The molecule has 0 aliphatic heterocycles. The summed E-state index contributed by atoms with van der Waals surface area (Å²) in [6, 6.07) is 4.40. The summed E-state index contributed by atoms with van der Waals surface area (Å²) in [6.45, 7) is 1.62. The van der Waals surface area contributed by atoms with Crippen molar-refractivity contribution in [2.45, 2.75) is 12.8 Å². The van der Waals surface area contributed by atoms with E-state index in [0.29, 0.717) is 22.5 Å². The van der Waals surface area contributed by atoms with E-state index in [1.807, 2.05) is 14.1 Å². The lowest BCUT2D eigenvalue weighted by Crippen LogP contribution is -2.25. The number of unbranched alkanes of at least 4 members (excludes halogenated alkanes) is 1. The molecule has 114 valence electrons. The first-order valence-corrected chi connectivity index (χ1v) is 7.71. The zero-order valence-electron chi connectivity index (χ0n) is 12.3. The summed E-state index contributed by atoms with van der Waals surface area (Å²) in [5.41, 5.74) is 6.32. The molecule has 21 heavy (non-hydrogen) atoms. The van der Waals surface area contributed by atoms with Crippen LogP contribution in [0.15, 0.2) is 18.2 Å². The Balaban J connectivity index is 1.98. The van der Waals surface area contributed by atoms with Crippen molar-refractivity contribution in [1.29, 1.82) is 0 Å². The van der Waals surface area contributed by atoms with Gasteiger partial charge in [0.25, 0.3) is 5.91 Å². The van der Waals surface area contributed by atoms with E-state index in [2.05, 4.69) is 10.2 Å². The summed E-state index contributed by atoms with van der Waals surface area (Å²) in [6.07, 6.45) is 1.95. The topological polar surface area (TPSA) is 58.4 Å². The van der Waals surface area contributed by atoms with Gasteiger partial charge in [0.05, 0.1) is 5.69 Å². The first-order chi connectivity index (χ1) is 9.99. The van der Waals surface area contributed by atoms with E-state index in [0.717, 1.165) is 24.1 Å². The number of fused-ring (bicyclic) bond motifs is 1. The molecule has 1 aromatic heterocycles. The molecule has 1 amide bonds. The zero-order valence-corrected chi connectivity index (χ0v) is 13.1. The predicted octanol–water partition coefficient (Wildman–Crippen LogP) is 2.69. The van der Waals surface area contributed by atoms with Crippen LogP contribution < -0.4 is 11.1 Å². The van der Waals surface area contributed by atoms with Crippen molar-refractivity contribution in [2.75, 3.05) is 32.9 Å². The van der Waals surface area contributed by atoms with Gasteiger partial charge in [0.15, 0.2) is 0 Å². The van der Waals surface area contributed by atoms with Gasteiger partial charge in [0.2, 0.25) is 0 Å². The first kappa shape index (κ1) is 15.7. The fourth-order valence-corrected chi connectivity index (χ4v) is 3.11. The molecule has 0 fully saturated rings. The maximum Gasteiger partial charge on any atom is 0.263 e. The van der Waals surface area contributed by atoms with Gasteiger partial charge in [0.1, 0.15) is 10.7 Å². The van der Waals surface area contributed by atoms with Crippen LogP contribution in [0.4, 0.5) is 10.1 Å². The Labute approximate surface area is 127 Å². The van der Waals surface area contributed by atoms with Crippen LogP contribution in [0.2, 0.25) is 0 Å². The van der Waals surface area contributed by atoms with Crippen molar-refractivity contribution in [2.24, 2.45) is 0 Å². The predicted molar refractivity (Wildman–Crippen MR) is 86.3 cm³/mol. The van der Waals surface area contributed by atoms with E-state index in [-0.39, 0.29) is 11.7 Å². The lowest BCUT2D eigenvalue weighted by atomic mass is 10.2. The van der Waals surface area contributed by atoms with Gasteiger partial charge in [-0.1, -0.05) is 0 Å². The number of nitrogen functional groups attached to an aromatic ring is 1. The number of halogens is 1. The number of carbonyl (C=O) groups is 1. The number of benzene rings is 1. The van der Waals surface area contributed by atoms with E-state index < -0.39 is 0 Å². The number of nitrogens with one attached hydrogen (secondary N) is 1. The Morgan fingerprint density at radius 2 is 2.14 bits per heavy atom. The number of nitrogens with zero attached hydrogens (tertiary/aromatic N) is 1.